The molecule has 0 aromatic heterocycles. The maximum atomic E-state index is 5.95. The number of methoxy groups -OCH3 is 1. The maximum Gasteiger partial charge on any atom is 0.0721 e. The Balaban J connectivity index is 1.87. The number of halogens is 1. The van der Waals surface area contributed by atoms with Crippen molar-refractivity contribution in [2.45, 2.75) is 24.9 Å². The van der Waals surface area contributed by atoms with Gasteiger partial charge in [-0.2, -0.15) is 0 Å². The number of hydrogen-bond acceptors (Lipinski definition) is 1. The molecule has 1 unspecified atom stereocenters. The van der Waals surface area contributed by atoms with Crippen LogP contribution in [0.15, 0.2) is 48.5 Å². The minimum Gasteiger partial charge on any atom is -0.380 e. The molecule has 2 aromatic rings. The molecule has 3 rings (SSSR count). The Hall–Kier alpha value is -1.31. The molecule has 0 spiro atoms. The zero-order chi connectivity index (χ0) is 13.4. The summed E-state index contributed by atoms with van der Waals surface area (Å²) in [4.78, 5) is 0. The highest BCUT2D eigenvalue weighted by Gasteiger charge is 2.52. The smallest absolute Gasteiger partial charge is 0.0721 e. The van der Waals surface area contributed by atoms with Gasteiger partial charge in [-0.3, -0.25) is 0 Å². The van der Waals surface area contributed by atoms with Crippen LogP contribution in [0.5, 0.6) is 0 Å². The number of rotatable bonds is 3. The monoisotopic (exact) mass is 272 g/mol. The third kappa shape index (κ3) is 2.41. The molecule has 1 saturated carbocycles. The molecular formula is C17H17ClO. The first-order chi connectivity index (χ1) is 9.20. The van der Waals surface area contributed by atoms with Gasteiger partial charge in [-0.15, -0.1) is 0 Å². The molecule has 0 saturated heterocycles. The summed E-state index contributed by atoms with van der Waals surface area (Å²) < 4.78 is 5.62. The van der Waals surface area contributed by atoms with Gasteiger partial charge in [0, 0.05) is 24.0 Å². The highest BCUT2D eigenvalue weighted by atomic mass is 35.5. The molecule has 19 heavy (non-hydrogen) atoms. The van der Waals surface area contributed by atoms with E-state index in [1.807, 2.05) is 12.1 Å². The van der Waals surface area contributed by atoms with Crippen molar-refractivity contribution in [1.82, 2.24) is 0 Å². The van der Waals surface area contributed by atoms with Crippen LogP contribution in [0, 0.1) is 6.92 Å². The fourth-order valence-corrected chi connectivity index (χ4v) is 2.97. The van der Waals surface area contributed by atoms with E-state index in [2.05, 4.69) is 43.3 Å². The summed E-state index contributed by atoms with van der Waals surface area (Å²) in [7, 11) is 1.79. The highest BCUT2D eigenvalue weighted by Crippen LogP contribution is 2.56. The minimum atomic E-state index is 0.281. The second-order valence-corrected chi connectivity index (χ2v) is 5.65. The molecule has 2 heteroatoms. The maximum absolute atomic E-state index is 5.95. The third-order valence-corrected chi connectivity index (χ3v) is 4.20. The Bertz CT molecular complexity index is 507. The Morgan fingerprint density at radius 1 is 0.842 bits per heavy atom. The van der Waals surface area contributed by atoms with Crippen LogP contribution in [0.2, 0.25) is 5.02 Å². The molecule has 1 nitrogen and oxygen atoms in total. The molecule has 0 bridgehead atoms. The summed E-state index contributed by atoms with van der Waals surface area (Å²) >= 11 is 5.95. The van der Waals surface area contributed by atoms with Crippen LogP contribution in [-0.4, -0.2) is 13.2 Å². The number of hydrogen-bond donors (Lipinski definition) is 0. The predicted molar refractivity (Wildman–Crippen MR) is 78.9 cm³/mol. The number of aryl methyl sites for hydroxylation is 1. The Labute approximate surface area is 119 Å². The first kappa shape index (κ1) is 12.7. The largest absolute Gasteiger partial charge is 0.380 e. The van der Waals surface area contributed by atoms with Crippen molar-refractivity contribution >= 4 is 11.6 Å². The summed E-state index contributed by atoms with van der Waals surface area (Å²) in [5.74, 6) is 0.914. The normalized spacial score (nSPS) is 25.3. The summed E-state index contributed by atoms with van der Waals surface area (Å²) in [5, 5.41) is 0.783. The van der Waals surface area contributed by atoms with Crippen LogP contribution in [0.25, 0.3) is 0 Å². The lowest BCUT2D eigenvalue weighted by Gasteiger charge is -2.01. The second kappa shape index (κ2) is 4.99. The Morgan fingerprint density at radius 2 is 1.32 bits per heavy atom. The average Bonchev–Trinajstić information content (AvgIpc) is 3.15. The van der Waals surface area contributed by atoms with Crippen molar-refractivity contribution in [1.29, 1.82) is 0 Å². The highest BCUT2D eigenvalue weighted by molar-refractivity contribution is 6.30. The first-order valence-corrected chi connectivity index (χ1v) is 6.93. The van der Waals surface area contributed by atoms with Crippen molar-refractivity contribution < 1.29 is 4.74 Å². The van der Waals surface area contributed by atoms with Crippen LogP contribution >= 0.6 is 11.6 Å². The zero-order valence-corrected chi connectivity index (χ0v) is 11.9. The lowest BCUT2D eigenvalue weighted by atomic mass is 10.0. The van der Waals surface area contributed by atoms with Gasteiger partial charge in [0.1, 0.15) is 0 Å². The summed E-state index contributed by atoms with van der Waals surface area (Å²) in [6.45, 7) is 2.11. The SMILES string of the molecule is COC1[C@@H](c2ccc(C)cc2)[C@@H]1c1ccc(Cl)cc1. The molecule has 0 radical (unpaired) electrons. The van der Waals surface area contributed by atoms with Crippen LogP contribution in [0.3, 0.4) is 0 Å². The van der Waals surface area contributed by atoms with Gasteiger partial charge in [0.15, 0.2) is 0 Å². The molecule has 3 atom stereocenters. The molecule has 0 heterocycles. The van der Waals surface area contributed by atoms with Gasteiger partial charge in [-0.1, -0.05) is 53.6 Å². The average molecular weight is 273 g/mol. The quantitative estimate of drug-likeness (QED) is 0.797. The molecular weight excluding hydrogens is 256 g/mol. The zero-order valence-electron chi connectivity index (χ0n) is 11.1. The van der Waals surface area contributed by atoms with E-state index < -0.39 is 0 Å². The molecule has 1 fully saturated rings. The van der Waals surface area contributed by atoms with Gasteiger partial charge >= 0.3 is 0 Å². The lowest BCUT2D eigenvalue weighted by Crippen LogP contribution is -1.91. The van der Waals surface area contributed by atoms with Gasteiger partial charge in [0.05, 0.1) is 6.10 Å². The molecule has 0 N–H and O–H groups in total. The van der Waals surface area contributed by atoms with E-state index in [1.54, 1.807) is 7.11 Å². The second-order valence-electron chi connectivity index (χ2n) is 5.21. The topological polar surface area (TPSA) is 9.23 Å². The standard InChI is InChI=1S/C17H17ClO/c1-11-3-5-12(6-4-11)15-16(17(15)19-2)13-7-9-14(18)10-8-13/h3-10,15-17H,1-2H3/t15-,16-,17?/m0/s1. The Kier molecular flexibility index (Phi) is 3.34. The molecule has 0 aliphatic heterocycles. The lowest BCUT2D eigenvalue weighted by molar-refractivity contribution is 0.173. The fourth-order valence-electron chi connectivity index (χ4n) is 2.84. The molecule has 2 aromatic carbocycles. The summed E-state index contributed by atoms with van der Waals surface area (Å²) in [6.07, 6.45) is 0.281. The molecule has 0 amide bonds. The van der Waals surface area contributed by atoms with Crippen LogP contribution in [0.4, 0.5) is 0 Å². The van der Waals surface area contributed by atoms with E-state index in [1.165, 1.54) is 16.7 Å². The van der Waals surface area contributed by atoms with Gasteiger partial charge in [-0.25, -0.2) is 0 Å². The molecule has 98 valence electrons. The van der Waals surface area contributed by atoms with Gasteiger partial charge in [0.25, 0.3) is 0 Å². The van der Waals surface area contributed by atoms with Gasteiger partial charge < -0.3 is 4.74 Å². The van der Waals surface area contributed by atoms with Crippen molar-refractivity contribution in [2.24, 2.45) is 0 Å². The van der Waals surface area contributed by atoms with E-state index >= 15 is 0 Å². The summed E-state index contributed by atoms with van der Waals surface area (Å²) in [6, 6.07) is 16.9. The van der Waals surface area contributed by atoms with Crippen molar-refractivity contribution in [2.75, 3.05) is 7.11 Å². The van der Waals surface area contributed by atoms with Crippen LogP contribution in [0.1, 0.15) is 28.5 Å². The fraction of sp³-hybridized carbons (Fsp3) is 0.294. The van der Waals surface area contributed by atoms with Crippen LogP contribution in [-0.2, 0) is 4.74 Å². The first-order valence-electron chi connectivity index (χ1n) is 6.55. The summed E-state index contributed by atoms with van der Waals surface area (Å²) in [5.41, 5.74) is 3.96. The molecule has 1 aliphatic rings. The number of benzene rings is 2. The predicted octanol–water partition coefficient (Wildman–Crippen LogP) is 4.54. The third-order valence-electron chi connectivity index (χ3n) is 3.94. The number of ether oxygens (including phenoxy) is 1. The van der Waals surface area contributed by atoms with Crippen LogP contribution < -0.4 is 0 Å². The van der Waals surface area contributed by atoms with Gasteiger partial charge in [0.2, 0.25) is 0 Å². The van der Waals surface area contributed by atoms with E-state index in [0.29, 0.717) is 11.8 Å². The van der Waals surface area contributed by atoms with E-state index in [0.717, 1.165) is 5.02 Å². The van der Waals surface area contributed by atoms with E-state index in [9.17, 15) is 0 Å². The van der Waals surface area contributed by atoms with Crippen molar-refractivity contribution in [3.8, 4) is 0 Å². The van der Waals surface area contributed by atoms with E-state index in [-0.39, 0.29) is 6.10 Å². The van der Waals surface area contributed by atoms with Crippen molar-refractivity contribution in [3.05, 3.63) is 70.2 Å². The van der Waals surface area contributed by atoms with Gasteiger partial charge in [-0.05, 0) is 30.2 Å². The van der Waals surface area contributed by atoms with E-state index in [4.69, 9.17) is 16.3 Å². The van der Waals surface area contributed by atoms with Crippen molar-refractivity contribution in [3.63, 3.8) is 0 Å². The molecule has 1 aliphatic carbocycles. The minimum absolute atomic E-state index is 0.281. The Morgan fingerprint density at radius 3 is 1.79 bits per heavy atom.